The Kier molecular flexibility index (Phi) is 2.97. The summed E-state index contributed by atoms with van der Waals surface area (Å²) in [6.07, 6.45) is 2.07. The maximum Gasteiger partial charge on any atom is 0.319 e. The number of hydrogen-bond acceptors (Lipinski definition) is 2. The average molecular weight is 236 g/mol. The number of rotatable bonds is 2. The van der Waals surface area contributed by atoms with Crippen molar-refractivity contribution >= 4 is 23.3 Å². The van der Waals surface area contributed by atoms with E-state index in [9.17, 15) is 4.79 Å². The average Bonchev–Trinajstić information content (AvgIpc) is 3.05. The number of anilines is 1. The molecule has 0 aromatic heterocycles. The van der Waals surface area contributed by atoms with Gasteiger partial charge in [-0.3, -0.25) is 0 Å². The number of carbonyl (C=O) groups excluding carboxylic acids is 1. The van der Waals surface area contributed by atoms with E-state index >= 15 is 0 Å². The molecular formula is C11H10ClN3O. The first kappa shape index (κ1) is 10.8. The monoisotopic (exact) mass is 235 g/mol. The fourth-order valence-corrected chi connectivity index (χ4v) is 1.49. The summed E-state index contributed by atoms with van der Waals surface area (Å²) in [6.45, 7) is 0. The van der Waals surface area contributed by atoms with E-state index in [4.69, 9.17) is 16.9 Å². The van der Waals surface area contributed by atoms with Gasteiger partial charge in [-0.25, -0.2) is 4.79 Å². The molecule has 0 unspecified atom stereocenters. The van der Waals surface area contributed by atoms with Crippen molar-refractivity contribution in [2.24, 2.45) is 0 Å². The number of nitrogens with one attached hydrogen (secondary N) is 2. The number of hydrogen-bond donors (Lipinski definition) is 2. The molecule has 1 aromatic carbocycles. The number of benzene rings is 1. The molecule has 0 bridgehead atoms. The largest absolute Gasteiger partial charge is 0.335 e. The Balaban J connectivity index is 2.03. The van der Waals surface area contributed by atoms with Gasteiger partial charge < -0.3 is 10.6 Å². The van der Waals surface area contributed by atoms with Gasteiger partial charge >= 0.3 is 6.03 Å². The Morgan fingerprint density at radius 3 is 2.81 bits per heavy atom. The fourth-order valence-electron chi connectivity index (χ4n) is 1.26. The molecule has 0 heterocycles. The lowest BCUT2D eigenvalue weighted by Crippen LogP contribution is -2.30. The van der Waals surface area contributed by atoms with Crippen LogP contribution in [0.15, 0.2) is 18.2 Å². The van der Waals surface area contributed by atoms with Crippen LogP contribution in [-0.2, 0) is 0 Å². The highest BCUT2D eigenvalue weighted by molar-refractivity contribution is 6.33. The van der Waals surface area contributed by atoms with Crippen LogP contribution >= 0.6 is 11.6 Å². The summed E-state index contributed by atoms with van der Waals surface area (Å²) in [5, 5.41) is 14.4. The molecule has 0 atom stereocenters. The Morgan fingerprint density at radius 1 is 1.50 bits per heavy atom. The lowest BCUT2D eigenvalue weighted by molar-refractivity contribution is 0.251. The summed E-state index contributed by atoms with van der Waals surface area (Å²) >= 11 is 5.91. The zero-order valence-corrected chi connectivity index (χ0v) is 9.21. The van der Waals surface area contributed by atoms with Crippen LogP contribution < -0.4 is 10.6 Å². The van der Waals surface area contributed by atoms with Gasteiger partial charge in [-0.2, -0.15) is 5.26 Å². The summed E-state index contributed by atoms with van der Waals surface area (Å²) in [5.41, 5.74) is 0.983. The number of carbonyl (C=O) groups is 1. The molecule has 0 radical (unpaired) electrons. The second-order valence-corrected chi connectivity index (χ2v) is 4.09. The molecule has 1 aromatic rings. The van der Waals surface area contributed by atoms with Gasteiger partial charge in [-0.05, 0) is 31.0 Å². The van der Waals surface area contributed by atoms with Gasteiger partial charge in [0.1, 0.15) is 0 Å². The predicted molar refractivity (Wildman–Crippen MR) is 61.3 cm³/mol. The van der Waals surface area contributed by atoms with Crippen molar-refractivity contribution < 1.29 is 4.79 Å². The van der Waals surface area contributed by atoms with Crippen molar-refractivity contribution in [3.63, 3.8) is 0 Å². The molecule has 2 rings (SSSR count). The Bertz CT molecular complexity index is 463. The van der Waals surface area contributed by atoms with Crippen molar-refractivity contribution in [1.29, 1.82) is 5.26 Å². The molecule has 82 valence electrons. The van der Waals surface area contributed by atoms with Crippen molar-refractivity contribution in [3.05, 3.63) is 28.8 Å². The first-order chi connectivity index (χ1) is 7.69. The smallest absolute Gasteiger partial charge is 0.319 e. The molecule has 1 aliphatic carbocycles. The van der Waals surface area contributed by atoms with E-state index in [1.165, 1.54) is 6.07 Å². The van der Waals surface area contributed by atoms with E-state index in [2.05, 4.69) is 10.6 Å². The summed E-state index contributed by atoms with van der Waals surface area (Å²) in [4.78, 5) is 11.4. The predicted octanol–water partition coefficient (Wildman–Crippen LogP) is 2.50. The minimum Gasteiger partial charge on any atom is -0.335 e. The van der Waals surface area contributed by atoms with Crippen LogP contribution in [0.2, 0.25) is 5.02 Å². The third-order valence-electron chi connectivity index (χ3n) is 2.26. The fraction of sp³-hybridized carbons (Fsp3) is 0.273. The first-order valence-corrected chi connectivity index (χ1v) is 5.34. The van der Waals surface area contributed by atoms with Crippen molar-refractivity contribution in [3.8, 4) is 6.07 Å². The molecule has 1 fully saturated rings. The van der Waals surface area contributed by atoms with Crippen LogP contribution in [-0.4, -0.2) is 12.1 Å². The second-order valence-electron chi connectivity index (χ2n) is 3.68. The van der Waals surface area contributed by atoms with Crippen LogP contribution in [0.4, 0.5) is 10.5 Å². The number of nitriles is 1. The van der Waals surface area contributed by atoms with Crippen LogP contribution in [0.1, 0.15) is 18.4 Å². The van der Waals surface area contributed by atoms with Crippen molar-refractivity contribution in [2.75, 3.05) is 5.32 Å². The molecule has 5 heteroatoms. The highest BCUT2D eigenvalue weighted by Crippen LogP contribution is 2.23. The standard InChI is InChI=1S/C11H10ClN3O/c12-9-5-7(6-13)1-4-10(9)15-11(16)14-8-2-3-8/h1,4-5,8H,2-3H2,(H2,14,15,16). The van der Waals surface area contributed by atoms with Gasteiger partial charge in [0.25, 0.3) is 0 Å². The molecule has 2 N–H and O–H groups in total. The SMILES string of the molecule is N#Cc1ccc(NC(=O)NC2CC2)c(Cl)c1. The van der Waals surface area contributed by atoms with Crippen LogP contribution in [0.3, 0.4) is 0 Å². The summed E-state index contributed by atoms with van der Waals surface area (Å²) < 4.78 is 0. The highest BCUT2D eigenvalue weighted by atomic mass is 35.5. The van der Waals surface area contributed by atoms with E-state index in [1.54, 1.807) is 12.1 Å². The van der Waals surface area contributed by atoms with E-state index in [1.807, 2.05) is 6.07 Å². The third kappa shape index (κ3) is 2.65. The Hall–Kier alpha value is -1.73. The molecule has 1 saturated carbocycles. The number of urea groups is 1. The maximum atomic E-state index is 11.4. The second kappa shape index (κ2) is 4.42. The third-order valence-corrected chi connectivity index (χ3v) is 2.57. The molecule has 4 nitrogen and oxygen atoms in total. The molecule has 0 saturated heterocycles. The van der Waals surface area contributed by atoms with Crippen LogP contribution in [0, 0.1) is 11.3 Å². The molecule has 2 amide bonds. The Labute approximate surface area is 98.2 Å². The molecule has 1 aliphatic rings. The normalized spacial score (nSPS) is 14.0. The molecular weight excluding hydrogens is 226 g/mol. The highest BCUT2D eigenvalue weighted by Gasteiger charge is 2.23. The maximum absolute atomic E-state index is 11.4. The number of amides is 2. The minimum absolute atomic E-state index is 0.255. The molecule has 0 spiro atoms. The van der Waals surface area contributed by atoms with Gasteiger partial charge in [-0.1, -0.05) is 11.6 Å². The molecule has 0 aliphatic heterocycles. The lowest BCUT2D eigenvalue weighted by atomic mass is 10.2. The number of halogens is 1. The summed E-state index contributed by atoms with van der Waals surface area (Å²) in [7, 11) is 0. The van der Waals surface area contributed by atoms with Gasteiger partial charge in [-0.15, -0.1) is 0 Å². The van der Waals surface area contributed by atoms with Crippen molar-refractivity contribution in [2.45, 2.75) is 18.9 Å². The summed E-state index contributed by atoms with van der Waals surface area (Å²) in [6, 6.07) is 6.78. The first-order valence-electron chi connectivity index (χ1n) is 4.96. The van der Waals surface area contributed by atoms with E-state index in [0.717, 1.165) is 12.8 Å². The zero-order valence-electron chi connectivity index (χ0n) is 8.46. The van der Waals surface area contributed by atoms with E-state index in [-0.39, 0.29) is 6.03 Å². The Morgan fingerprint density at radius 2 is 2.25 bits per heavy atom. The number of nitrogens with zero attached hydrogens (tertiary/aromatic N) is 1. The zero-order chi connectivity index (χ0) is 11.5. The van der Waals surface area contributed by atoms with Crippen molar-refractivity contribution in [1.82, 2.24) is 5.32 Å². The van der Waals surface area contributed by atoms with Gasteiger partial charge in [0.05, 0.1) is 22.3 Å². The van der Waals surface area contributed by atoms with Gasteiger partial charge in [0, 0.05) is 6.04 Å². The quantitative estimate of drug-likeness (QED) is 0.827. The van der Waals surface area contributed by atoms with Crippen LogP contribution in [0.25, 0.3) is 0 Å². The van der Waals surface area contributed by atoms with E-state index < -0.39 is 0 Å². The summed E-state index contributed by atoms with van der Waals surface area (Å²) in [5.74, 6) is 0. The van der Waals surface area contributed by atoms with Crippen LogP contribution in [0.5, 0.6) is 0 Å². The minimum atomic E-state index is -0.255. The van der Waals surface area contributed by atoms with Gasteiger partial charge in [0.2, 0.25) is 0 Å². The topological polar surface area (TPSA) is 64.9 Å². The lowest BCUT2D eigenvalue weighted by Gasteiger charge is -2.08. The van der Waals surface area contributed by atoms with Gasteiger partial charge in [0.15, 0.2) is 0 Å². The molecule has 16 heavy (non-hydrogen) atoms. The van der Waals surface area contributed by atoms with E-state index in [0.29, 0.717) is 22.3 Å².